The highest BCUT2D eigenvalue weighted by molar-refractivity contribution is 6.02. The summed E-state index contributed by atoms with van der Waals surface area (Å²) in [7, 11) is 1.59. The Morgan fingerprint density at radius 3 is 2.23 bits per heavy atom. The minimum absolute atomic E-state index is 0.0939. The number of carbonyl (C=O) groups is 1. The van der Waals surface area contributed by atoms with E-state index in [1.165, 1.54) is 4.68 Å². The van der Waals surface area contributed by atoms with Gasteiger partial charge < -0.3 is 9.47 Å². The van der Waals surface area contributed by atoms with Crippen molar-refractivity contribution in [3.05, 3.63) is 106 Å². The lowest BCUT2D eigenvalue weighted by atomic mass is 10.1. The van der Waals surface area contributed by atoms with Crippen molar-refractivity contribution >= 4 is 16.7 Å². The van der Waals surface area contributed by atoms with Crippen LogP contribution in [0.25, 0.3) is 10.8 Å². The maximum Gasteiger partial charge on any atom is 0.359 e. The molecule has 0 aliphatic rings. The van der Waals surface area contributed by atoms with Gasteiger partial charge in [-0.1, -0.05) is 60.7 Å². The second-order valence-electron chi connectivity index (χ2n) is 6.77. The third-order valence-electron chi connectivity index (χ3n) is 4.77. The summed E-state index contributed by atoms with van der Waals surface area (Å²) in [6.07, 6.45) is 0. The summed E-state index contributed by atoms with van der Waals surface area (Å²) in [4.78, 5) is 25.7. The maximum atomic E-state index is 12.9. The van der Waals surface area contributed by atoms with Crippen LogP contribution in [0.4, 0.5) is 0 Å². The average Bonchev–Trinajstić information content (AvgIpc) is 2.80. The third-order valence-corrected chi connectivity index (χ3v) is 4.77. The molecular formula is C24H20N2O4. The van der Waals surface area contributed by atoms with E-state index in [-0.39, 0.29) is 24.4 Å². The molecule has 1 heterocycles. The van der Waals surface area contributed by atoms with Crippen molar-refractivity contribution in [1.29, 1.82) is 0 Å². The van der Waals surface area contributed by atoms with E-state index in [0.717, 1.165) is 16.9 Å². The van der Waals surface area contributed by atoms with Crippen LogP contribution in [0.1, 0.15) is 21.6 Å². The van der Waals surface area contributed by atoms with Gasteiger partial charge in [-0.25, -0.2) is 9.48 Å². The Balaban J connectivity index is 1.65. The topological polar surface area (TPSA) is 70.4 Å². The van der Waals surface area contributed by atoms with Crippen molar-refractivity contribution in [3.63, 3.8) is 0 Å². The molecule has 0 bridgehead atoms. The number of esters is 1. The van der Waals surface area contributed by atoms with Crippen LogP contribution in [0, 0.1) is 0 Å². The van der Waals surface area contributed by atoms with Crippen LogP contribution in [-0.4, -0.2) is 22.9 Å². The maximum absolute atomic E-state index is 12.9. The molecule has 0 amide bonds. The molecular weight excluding hydrogens is 380 g/mol. The van der Waals surface area contributed by atoms with Gasteiger partial charge in [0.05, 0.1) is 19.0 Å². The van der Waals surface area contributed by atoms with E-state index in [2.05, 4.69) is 5.10 Å². The largest absolute Gasteiger partial charge is 0.497 e. The Bertz CT molecular complexity index is 1230. The number of ether oxygens (including phenoxy) is 2. The molecule has 150 valence electrons. The first-order chi connectivity index (χ1) is 14.7. The van der Waals surface area contributed by atoms with Crippen LogP contribution in [0.15, 0.2) is 83.7 Å². The zero-order valence-electron chi connectivity index (χ0n) is 16.4. The summed E-state index contributed by atoms with van der Waals surface area (Å²) in [6.45, 7) is 0.361. The number of carbonyl (C=O) groups excluding carboxylic acids is 1. The minimum Gasteiger partial charge on any atom is -0.497 e. The van der Waals surface area contributed by atoms with Gasteiger partial charge in [-0.15, -0.1) is 0 Å². The molecule has 4 rings (SSSR count). The molecule has 0 saturated heterocycles. The Hall–Kier alpha value is -3.93. The fourth-order valence-electron chi connectivity index (χ4n) is 3.19. The van der Waals surface area contributed by atoms with Crippen molar-refractivity contribution in [1.82, 2.24) is 9.78 Å². The highest BCUT2D eigenvalue weighted by Crippen LogP contribution is 2.17. The van der Waals surface area contributed by atoms with Crippen LogP contribution >= 0.6 is 0 Å². The van der Waals surface area contributed by atoms with Gasteiger partial charge in [-0.05, 0) is 29.3 Å². The predicted molar refractivity (Wildman–Crippen MR) is 114 cm³/mol. The van der Waals surface area contributed by atoms with Crippen molar-refractivity contribution in [2.45, 2.75) is 13.2 Å². The van der Waals surface area contributed by atoms with Crippen molar-refractivity contribution < 1.29 is 14.3 Å². The van der Waals surface area contributed by atoms with E-state index >= 15 is 0 Å². The van der Waals surface area contributed by atoms with Gasteiger partial charge in [0.2, 0.25) is 0 Å². The van der Waals surface area contributed by atoms with E-state index in [0.29, 0.717) is 10.8 Å². The zero-order chi connectivity index (χ0) is 20.9. The monoisotopic (exact) mass is 400 g/mol. The molecule has 0 fully saturated rings. The summed E-state index contributed by atoms with van der Waals surface area (Å²) in [5, 5.41) is 5.25. The average molecular weight is 400 g/mol. The Labute approximate surface area is 173 Å². The second-order valence-corrected chi connectivity index (χ2v) is 6.77. The SMILES string of the molecule is COc1ccc(COC(=O)c2nn(Cc3ccccc3)c(=O)c3ccccc23)cc1. The molecule has 0 saturated carbocycles. The number of rotatable bonds is 6. The van der Waals surface area contributed by atoms with Crippen LogP contribution in [0.3, 0.4) is 0 Å². The first kappa shape index (κ1) is 19.4. The molecule has 1 aromatic heterocycles. The van der Waals surface area contributed by atoms with E-state index in [4.69, 9.17) is 9.47 Å². The number of hydrogen-bond donors (Lipinski definition) is 0. The highest BCUT2D eigenvalue weighted by Gasteiger charge is 2.18. The van der Waals surface area contributed by atoms with Gasteiger partial charge >= 0.3 is 5.97 Å². The number of nitrogens with zero attached hydrogens (tertiary/aromatic N) is 2. The summed E-state index contributed by atoms with van der Waals surface area (Å²) in [6, 6.07) is 23.7. The van der Waals surface area contributed by atoms with Crippen molar-refractivity contribution in [2.24, 2.45) is 0 Å². The molecule has 4 aromatic rings. The molecule has 0 radical (unpaired) electrons. The smallest absolute Gasteiger partial charge is 0.359 e. The van der Waals surface area contributed by atoms with Crippen LogP contribution in [-0.2, 0) is 17.9 Å². The minimum atomic E-state index is -0.580. The molecule has 0 N–H and O–H groups in total. The van der Waals surface area contributed by atoms with Crippen molar-refractivity contribution in [2.75, 3.05) is 7.11 Å². The fourth-order valence-corrected chi connectivity index (χ4v) is 3.19. The molecule has 0 aliphatic carbocycles. The summed E-state index contributed by atoms with van der Waals surface area (Å²) in [5.41, 5.74) is 1.61. The number of benzene rings is 3. The van der Waals surface area contributed by atoms with Crippen molar-refractivity contribution in [3.8, 4) is 5.75 Å². The molecule has 3 aromatic carbocycles. The first-order valence-electron chi connectivity index (χ1n) is 9.49. The summed E-state index contributed by atoms with van der Waals surface area (Å²) < 4.78 is 11.9. The molecule has 6 nitrogen and oxygen atoms in total. The lowest BCUT2D eigenvalue weighted by Gasteiger charge is -2.11. The van der Waals surface area contributed by atoms with Crippen LogP contribution < -0.4 is 10.3 Å². The Morgan fingerprint density at radius 1 is 0.867 bits per heavy atom. The molecule has 30 heavy (non-hydrogen) atoms. The second kappa shape index (κ2) is 8.61. The summed E-state index contributed by atoms with van der Waals surface area (Å²) >= 11 is 0. The van der Waals surface area contributed by atoms with Crippen LogP contribution in [0.2, 0.25) is 0 Å². The first-order valence-corrected chi connectivity index (χ1v) is 9.49. The third kappa shape index (κ3) is 4.07. The van der Waals surface area contributed by atoms with E-state index < -0.39 is 5.97 Å². The molecule has 0 atom stereocenters. The lowest BCUT2D eigenvalue weighted by molar-refractivity contribution is 0.0465. The van der Waals surface area contributed by atoms with E-state index in [1.54, 1.807) is 43.5 Å². The molecule has 6 heteroatoms. The quantitative estimate of drug-likeness (QED) is 0.460. The van der Waals surface area contributed by atoms with Gasteiger partial charge in [-0.2, -0.15) is 5.10 Å². The normalized spacial score (nSPS) is 10.7. The standard InChI is InChI=1S/C24H20N2O4/c1-29-19-13-11-18(12-14-19)16-30-24(28)22-20-9-5-6-10-21(20)23(27)26(25-22)15-17-7-3-2-4-8-17/h2-14H,15-16H2,1H3. The van der Waals surface area contributed by atoms with E-state index in [1.807, 2.05) is 42.5 Å². The molecule has 0 spiro atoms. The number of methoxy groups -OCH3 is 1. The highest BCUT2D eigenvalue weighted by atomic mass is 16.5. The number of hydrogen-bond acceptors (Lipinski definition) is 5. The van der Waals surface area contributed by atoms with Gasteiger partial charge in [-0.3, -0.25) is 4.79 Å². The van der Waals surface area contributed by atoms with E-state index in [9.17, 15) is 9.59 Å². The zero-order valence-corrected chi connectivity index (χ0v) is 16.4. The van der Waals surface area contributed by atoms with Gasteiger partial charge in [0.1, 0.15) is 12.4 Å². The Morgan fingerprint density at radius 2 is 1.53 bits per heavy atom. The Kier molecular flexibility index (Phi) is 5.57. The van der Waals surface area contributed by atoms with Crippen LogP contribution in [0.5, 0.6) is 5.75 Å². The molecule has 0 aliphatic heterocycles. The van der Waals surface area contributed by atoms with Gasteiger partial charge in [0.15, 0.2) is 5.69 Å². The lowest BCUT2D eigenvalue weighted by Crippen LogP contribution is -2.27. The predicted octanol–water partition coefficient (Wildman–Crippen LogP) is 3.81. The fraction of sp³-hybridized carbons (Fsp3) is 0.125. The summed E-state index contributed by atoms with van der Waals surface area (Å²) in [5.74, 6) is 0.148. The van der Waals surface area contributed by atoms with Gasteiger partial charge in [0, 0.05) is 5.39 Å². The number of aromatic nitrogens is 2. The number of fused-ring (bicyclic) bond motifs is 1. The molecule has 0 unspecified atom stereocenters. The van der Waals surface area contributed by atoms with Gasteiger partial charge in [0.25, 0.3) is 5.56 Å².